The number of fused-ring (bicyclic) bond motifs is 1. The average molecular weight is 495 g/mol. The number of hydrogen-bond donors (Lipinski definition) is 2. The summed E-state index contributed by atoms with van der Waals surface area (Å²) in [6, 6.07) is 15.3. The molecule has 2 aromatic carbocycles. The van der Waals surface area contributed by atoms with E-state index in [0.29, 0.717) is 17.1 Å². The Morgan fingerprint density at radius 2 is 1.85 bits per heavy atom. The number of amides is 1. The van der Waals surface area contributed by atoms with E-state index in [2.05, 4.69) is 20.6 Å². The first-order valence-electron chi connectivity index (χ1n) is 10.3. The third-order valence-corrected chi connectivity index (χ3v) is 7.24. The van der Waals surface area contributed by atoms with Gasteiger partial charge in [-0.1, -0.05) is 23.7 Å². The summed E-state index contributed by atoms with van der Waals surface area (Å²) in [5.41, 5.74) is 2.79. The van der Waals surface area contributed by atoms with E-state index >= 15 is 0 Å². The quantitative estimate of drug-likeness (QED) is 0.359. The molecule has 2 N–H and O–H groups in total. The number of rotatable bonds is 7. The zero-order valence-corrected chi connectivity index (χ0v) is 19.3. The maximum atomic E-state index is 12.6. The summed E-state index contributed by atoms with van der Waals surface area (Å²) in [7, 11) is -3.61. The molecule has 0 atom stereocenters. The molecule has 5 rings (SSSR count). The number of H-pyrrole nitrogens is 1. The van der Waals surface area contributed by atoms with E-state index in [4.69, 9.17) is 11.6 Å². The molecule has 0 fully saturated rings. The summed E-state index contributed by atoms with van der Waals surface area (Å²) in [5, 5.41) is 15.7. The summed E-state index contributed by atoms with van der Waals surface area (Å²) in [6.07, 6.45) is 6.11. The zero-order chi connectivity index (χ0) is 23.7. The lowest BCUT2D eigenvalue weighted by Crippen LogP contribution is -2.22. The van der Waals surface area contributed by atoms with Crippen molar-refractivity contribution in [3.63, 3.8) is 0 Å². The molecule has 3 heterocycles. The largest absolute Gasteiger partial charge is 0.346 e. The molecule has 0 unspecified atom stereocenters. The second kappa shape index (κ2) is 8.81. The molecular weight excluding hydrogens is 476 g/mol. The van der Waals surface area contributed by atoms with E-state index in [1.165, 1.54) is 22.6 Å². The van der Waals surface area contributed by atoms with Crippen LogP contribution in [0.5, 0.6) is 0 Å². The summed E-state index contributed by atoms with van der Waals surface area (Å²) in [6.45, 7) is 0.652. The average Bonchev–Trinajstić information content (AvgIpc) is 3.59. The summed E-state index contributed by atoms with van der Waals surface area (Å²) in [5.74, 6) is -0.274. The third-order valence-electron chi connectivity index (χ3n) is 5.34. The van der Waals surface area contributed by atoms with E-state index in [1.54, 1.807) is 59.4 Å². The van der Waals surface area contributed by atoms with Crippen molar-refractivity contribution in [3.05, 3.63) is 101 Å². The second-order valence-electron chi connectivity index (χ2n) is 7.63. The minimum Gasteiger partial charge on any atom is -0.346 e. The van der Waals surface area contributed by atoms with Crippen molar-refractivity contribution in [3.8, 4) is 0 Å². The van der Waals surface area contributed by atoms with Gasteiger partial charge < -0.3 is 5.32 Å². The van der Waals surface area contributed by atoms with E-state index in [0.717, 1.165) is 22.2 Å². The van der Waals surface area contributed by atoms with Crippen molar-refractivity contribution in [1.82, 2.24) is 29.3 Å². The van der Waals surface area contributed by atoms with Crippen LogP contribution in [0.4, 0.5) is 0 Å². The number of halogens is 1. The van der Waals surface area contributed by atoms with Gasteiger partial charge in [0.25, 0.3) is 15.9 Å². The summed E-state index contributed by atoms with van der Waals surface area (Å²) in [4.78, 5) is 12.8. The maximum absolute atomic E-state index is 12.6. The number of carbonyl (C=O) groups excluding carboxylic acids is 1. The minimum absolute atomic E-state index is 0.195. The molecular formula is C23H19ClN6O3S. The molecule has 0 aliphatic heterocycles. The summed E-state index contributed by atoms with van der Waals surface area (Å²) < 4.78 is 27.9. The van der Waals surface area contributed by atoms with Gasteiger partial charge in [0.2, 0.25) is 0 Å². The molecule has 0 bridgehead atoms. The van der Waals surface area contributed by atoms with Gasteiger partial charge in [0.05, 0.1) is 41.0 Å². The predicted octanol–water partition coefficient (Wildman–Crippen LogP) is 3.43. The van der Waals surface area contributed by atoms with Crippen molar-refractivity contribution < 1.29 is 13.2 Å². The van der Waals surface area contributed by atoms with E-state index in [9.17, 15) is 13.2 Å². The lowest BCUT2D eigenvalue weighted by molar-refractivity contribution is 0.0950. The van der Waals surface area contributed by atoms with Crippen LogP contribution in [-0.2, 0) is 23.1 Å². The highest BCUT2D eigenvalue weighted by atomic mass is 35.5. The van der Waals surface area contributed by atoms with E-state index < -0.39 is 10.0 Å². The molecule has 0 radical (unpaired) electrons. The fourth-order valence-corrected chi connectivity index (χ4v) is 4.92. The van der Waals surface area contributed by atoms with Crippen LogP contribution in [0.15, 0.2) is 84.3 Å². The molecule has 3 aromatic heterocycles. The Morgan fingerprint density at radius 1 is 1.09 bits per heavy atom. The SMILES string of the molecule is O=C(NCc1[nH]nc2ccc(Cl)cc12)c1cnn(Cc2ccc(S(=O)(=O)n3cccc3)cc2)c1. The van der Waals surface area contributed by atoms with Crippen LogP contribution in [0.2, 0.25) is 5.02 Å². The lowest BCUT2D eigenvalue weighted by atomic mass is 10.2. The Hall–Kier alpha value is -3.89. The lowest BCUT2D eigenvalue weighted by Gasteiger charge is -2.07. The van der Waals surface area contributed by atoms with Gasteiger partial charge in [-0.3, -0.25) is 14.6 Å². The Balaban J connectivity index is 1.23. The van der Waals surface area contributed by atoms with Gasteiger partial charge in [-0.2, -0.15) is 10.2 Å². The monoisotopic (exact) mass is 494 g/mol. The molecule has 11 heteroatoms. The van der Waals surface area contributed by atoms with Gasteiger partial charge >= 0.3 is 0 Å². The smallest absolute Gasteiger partial charge is 0.267 e. The highest BCUT2D eigenvalue weighted by molar-refractivity contribution is 7.90. The van der Waals surface area contributed by atoms with Gasteiger partial charge in [0.15, 0.2) is 0 Å². The minimum atomic E-state index is -3.61. The van der Waals surface area contributed by atoms with E-state index in [-0.39, 0.29) is 17.3 Å². The normalized spacial score (nSPS) is 11.7. The van der Waals surface area contributed by atoms with Crippen LogP contribution in [-0.4, -0.2) is 38.3 Å². The molecule has 0 aliphatic rings. The van der Waals surface area contributed by atoms with Gasteiger partial charge in [-0.25, -0.2) is 12.4 Å². The molecule has 34 heavy (non-hydrogen) atoms. The van der Waals surface area contributed by atoms with Crippen molar-refractivity contribution in [2.24, 2.45) is 0 Å². The van der Waals surface area contributed by atoms with Crippen molar-refractivity contribution in [2.75, 3.05) is 0 Å². The van der Waals surface area contributed by atoms with Gasteiger partial charge in [-0.05, 0) is 48.0 Å². The highest BCUT2D eigenvalue weighted by Crippen LogP contribution is 2.20. The molecule has 5 aromatic rings. The zero-order valence-electron chi connectivity index (χ0n) is 17.7. The van der Waals surface area contributed by atoms with Gasteiger partial charge in [0, 0.05) is 29.0 Å². The number of benzene rings is 2. The Kier molecular flexibility index (Phi) is 5.68. The molecule has 0 saturated heterocycles. The topological polar surface area (TPSA) is 115 Å². The fourth-order valence-electron chi connectivity index (χ4n) is 3.56. The molecule has 172 valence electrons. The van der Waals surface area contributed by atoms with Crippen LogP contribution in [0.3, 0.4) is 0 Å². The standard InChI is InChI=1S/C23H19ClN6O3S/c24-18-5-8-21-20(11-18)22(28-27-21)13-25-23(31)17-12-26-29(15-17)14-16-3-6-19(7-4-16)34(32,33)30-9-1-2-10-30/h1-12,15H,13-14H2,(H,25,31)(H,27,28). The first-order chi connectivity index (χ1) is 16.4. The van der Waals surface area contributed by atoms with Crippen LogP contribution in [0.1, 0.15) is 21.6 Å². The van der Waals surface area contributed by atoms with Gasteiger partial charge in [0.1, 0.15) is 0 Å². The molecule has 9 nitrogen and oxygen atoms in total. The fraction of sp³-hybridized carbons (Fsp3) is 0.0870. The first-order valence-corrected chi connectivity index (χ1v) is 12.1. The number of hydrogen-bond acceptors (Lipinski definition) is 5. The predicted molar refractivity (Wildman–Crippen MR) is 127 cm³/mol. The van der Waals surface area contributed by atoms with Crippen LogP contribution in [0.25, 0.3) is 10.9 Å². The maximum Gasteiger partial charge on any atom is 0.267 e. The van der Waals surface area contributed by atoms with Crippen LogP contribution in [0, 0.1) is 0 Å². The molecule has 1 amide bonds. The van der Waals surface area contributed by atoms with Crippen LogP contribution < -0.4 is 5.32 Å². The summed E-state index contributed by atoms with van der Waals surface area (Å²) >= 11 is 6.06. The van der Waals surface area contributed by atoms with Crippen molar-refractivity contribution in [2.45, 2.75) is 18.0 Å². The Bertz CT molecular complexity index is 1570. The number of carbonyl (C=O) groups is 1. The first kappa shape index (κ1) is 21.9. The van der Waals surface area contributed by atoms with Crippen LogP contribution >= 0.6 is 11.6 Å². The number of nitrogens with zero attached hydrogens (tertiary/aromatic N) is 4. The van der Waals surface area contributed by atoms with Crippen molar-refractivity contribution in [1.29, 1.82) is 0 Å². The third kappa shape index (κ3) is 4.33. The molecule has 0 saturated carbocycles. The van der Waals surface area contributed by atoms with Crippen molar-refractivity contribution >= 4 is 38.4 Å². The number of aromatic nitrogens is 5. The van der Waals surface area contributed by atoms with Gasteiger partial charge in [-0.15, -0.1) is 0 Å². The number of aromatic amines is 1. The molecule has 0 aliphatic carbocycles. The Labute approximate surface area is 200 Å². The van der Waals surface area contributed by atoms with E-state index in [1.807, 2.05) is 6.07 Å². The molecule has 0 spiro atoms. The Morgan fingerprint density at radius 3 is 2.62 bits per heavy atom. The number of nitrogens with one attached hydrogen (secondary N) is 2. The highest BCUT2D eigenvalue weighted by Gasteiger charge is 2.16. The second-order valence-corrected chi connectivity index (χ2v) is 9.91.